The molecule has 2 heterocycles. The second-order valence-electron chi connectivity index (χ2n) is 5.03. The molecule has 0 N–H and O–H groups in total. The first kappa shape index (κ1) is 14.6. The molecular weight excluding hydrogens is 311 g/mol. The summed E-state index contributed by atoms with van der Waals surface area (Å²) in [5.74, 6) is -0.290. The van der Waals surface area contributed by atoms with E-state index >= 15 is 0 Å². The third-order valence-electron chi connectivity index (χ3n) is 3.64. The van der Waals surface area contributed by atoms with E-state index in [0.29, 0.717) is 13.1 Å². The Morgan fingerprint density at radius 2 is 2.05 bits per heavy atom. The Bertz CT molecular complexity index is 699. The highest BCUT2D eigenvalue weighted by atomic mass is 32.2. The van der Waals surface area contributed by atoms with Gasteiger partial charge in [0.05, 0.1) is 9.90 Å². The van der Waals surface area contributed by atoms with Crippen LogP contribution >= 0.6 is 11.3 Å². The molecule has 0 spiro atoms. The van der Waals surface area contributed by atoms with Crippen molar-refractivity contribution in [1.29, 1.82) is 0 Å². The lowest BCUT2D eigenvalue weighted by Gasteiger charge is -2.30. The molecule has 1 aliphatic rings. The number of piperidine rings is 1. The first-order valence-corrected chi connectivity index (χ1v) is 9.04. The average molecular weight is 326 g/mol. The summed E-state index contributed by atoms with van der Waals surface area (Å²) < 4.78 is 39.6. The van der Waals surface area contributed by atoms with Gasteiger partial charge in [-0.2, -0.15) is 4.31 Å². The maximum atomic E-state index is 12.9. The molecule has 0 bridgehead atoms. The average Bonchev–Trinajstić information content (AvgIpc) is 3.02. The molecule has 1 aliphatic heterocycles. The first-order chi connectivity index (χ1) is 10.1. The van der Waals surface area contributed by atoms with Crippen molar-refractivity contribution in [2.24, 2.45) is 0 Å². The number of hydrogen-bond acceptors (Lipinski definition) is 4. The van der Waals surface area contributed by atoms with Gasteiger partial charge in [-0.3, -0.25) is 0 Å². The lowest BCUT2D eigenvalue weighted by molar-refractivity contribution is 0.315. The van der Waals surface area contributed by atoms with E-state index in [0.717, 1.165) is 17.8 Å². The number of rotatable bonds is 3. The van der Waals surface area contributed by atoms with Gasteiger partial charge in [0.25, 0.3) is 0 Å². The van der Waals surface area contributed by atoms with Gasteiger partial charge in [-0.1, -0.05) is 0 Å². The molecule has 1 aromatic heterocycles. The monoisotopic (exact) mass is 326 g/mol. The molecule has 7 heteroatoms. The summed E-state index contributed by atoms with van der Waals surface area (Å²) >= 11 is 1.56. The molecule has 0 aliphatic carbocycles. The zero-order valence-corrected chi connectivity index (χ0v) is 12.9. The van der Waals surface area contributed by atoms with E-state index in [9.17, 15) is 12.8 Å². The summed E-state index contributed by atoms with van der Waals surface area (Å²) in [6, 6.07) is 4.99. The Morgan fingerprint density at radius 3 is 2.71 bits per heavy atom. The highest BCUT2D eigenvalue weighted by molar-refractivity contribution is 7.89. The Labute approximate surface area is 127 Å². The highest BCUT2D eigenvalue weighted by Gasteiger charge is 2.31. The van der Waals surface area contributed by atoms with Crippen molar-refractivity contribution in [3.05, 3.63) is 46.7 Å². The summed E-state index contributed by atoms with van der Waals surface area (Å²) in [5, 5.41) is 2.89. The zero-order valence-electron chi connectivity index (χ0n) is 11.3. The second kappa shape index (κ2) is 5.82. The topological polar surface area (TPSA) is 50.3 Å². The van der Waals surface area contributed by atoms with Crippen molar-refractivity contribution in [1.82, 2.24) is 9.29 Å². The van der Waals surface area contributed by atoms with Crippen LogP contribution in [0.2, 0.25) is 0 Å². The fraction of sp³-hybridized carbons (Fsp3) is 0.357. The number of hydrogen-bond donors (Lipinski definition) is 0. The number of halogens is 1. The number of nitrogens with zero attached hydrogens (tertiary/aromatic N) is 2. The summed E-state index contributed by atoms with van der Waals surface area (Å²) in [5.41, 5.74) is 0. The van der Waals surface area contributed by atoms with Crippen LogP contribution in [0.1, 0.15) is 23.8 Å². The van der Waals surface area contributed by atoms with Crippen molar-refractivity contribution in [2.75, 3.05) is 13.1 Å². The Morgan fingerprint density at radius 1 is 1.29 bits per heavy atom. The molecular formula is C14H15FN2O2S2. The van der Waals surface area contributed by atoms with Crippen molar-refractivity contribution in [2.45, 2.75) is 23.7 Å². The Hall–Kier alpha value is -1.31. The lowest BCUT2D eigenvalue weighted by Crippen LogP contribution is -2.39. The van der Waals surface area contributed by atoms with Gasteiger partial charge >= 0.3 is 0 Å². The molecule has 2 aromatic rings. The molecule has 1 atom stereocenters. The van der Waals surface area contributed by atoms with Crippen molar-refractivity contribution >= 4 is 21.4 Å². The number of sulfonamides is 1. The van der Waals surface area contributed by atoms with Crippen molar-refractivity contribution < 1.29 is 12.8 Å². The fourth-order valence-corrected chi connectivity index (χ4v) is 4.85. The van der Waals surface area contributed by atoms with Crippen LogP contribution in [-0.2, 0) is 10.0 Å². The van der Waals surface area contributed by atoms with E-state index < -0.39 is 15.8 Å². The van der Waals surface area contributed by atoms with Gasteiger partial charge in [-0.25, -0.2) is 17.8 Å². The van der Waals surface area contributed by atoms with Crippen LogP contribution in [0, 0.1) is 5.82 Å². The van der Waals surface area contributed by atoms with E-state index in [-0.39, 0.29) is 10.8 Å². The largest absolute Gasteiger partial charge is 0.249 e. The van der Waals surface area contributed by atoms with Crippen LogP contribution in [-0.4, -0.2) is 30.8 Å². The smallest absolute Gasteiger partial charge is 0.243 e. The van der Waals surface area contributed by atoms with E-state index in [1.165, 1.54) is 28.6 Å². The predicted molar refractivity (Wildman–Crippen MR) is 79.2 cm³/mol. The predicted octanol–water partition coefficient (Wildman–Crippen LogP) is 2.85. The van der Waals surface area contributed by atoms with Crippen LogP contribution < -0.4 is 0 Å². The molecule has 1 fully saturated rings. The van der Waals surface area contributed by atoms with E-state index in [4.69, 9.17) is 0 Å². The summed E-state index contributed by atoms with van der Waals surface area (Å²) in [4.78, 5) is 4.43. The molecule has 21 heavy (non-hydrogen) atoms. The molecule has 1 saturated heterocycles. The van der Waals surface area contributed by atoms with E-state index in [2.05, 4.69) is 4.98 Å². The van der Waals surface area contributed by atoms with Crippen LogP contribution in [0.3, 0.4) is 0 Å². The standard InChI is InChI=1S/C14H15FN2O2S2/c15-12-3-5-13(6-4-12)21(18,19)17-8-1-2-11(10-17)14-16-7-9-20-14/h3-7,9,11H,1-2,8,10H2/t11-/m1/s1. The molecule has 3 rings (SSSR count). The van der Waals surface area contributed by atoms with Gasteiger partial charge in [0, 0.05) is 30.6 Å². The number of aromatic nitrogens is 1. The fourth-order valence-electron chi connectivity index (χ4n) is 2.55. The van der Waals surface area contributed by atoms with Gasteiger partial charge in [-0.15, -0.1) is 11.3 Å². The van der Waals surface area contributed by atoms with Gasteiger partial charge in [0.2, 0.25) is 10.0 Å². The summed E-state index contributed by atoms with van der Waals surface area (Å²) in [6.45, 7) is 0.939. The minimum atomic E-state index is -3.56. The van der Waals surface area contributed by atoms with Gasteiger partial charge in [0.1, 0.15) is 5.82 Å². The van der Waals surface area contributed by atoms with E-state index in [1.54, 1.807) is 17.5 Å². The van der Waals surface area contributed by atoms with Gasteiger partial charge in [0.15, 0.2) is 0 Å². The minimum absolute atomic E-state index is 0.142. The SMILES string of the molecule is O=S(=O)(c1ccc(F)cc1)N1CCC[C@@H](c2nccs2)C1. The third kappa shape index (κ3) is 3.00. The zero-order chi connectivity index (χ0) is 14.9. The highest BCUT2D eigenvalue weighted by Crippen LogP contribution is 2.31. The molecule has 4 nitrogen and oxygen atoms in total. The van der Waals surface area contributed by atoms with Crippen LogP contribution in [0.25, 0.3) is 0 Å². The van der Waals surface area contributed by atoms with Crippen LogP contribution in [0.5, 0.6) is 0 Å². The van der Waals surface area contributed by atoms with Gasteiger partial charge in [-0.05, 0) is 37.1 Å². The third-order valence-corrected chi connectivity index (χ3v) is 6.45. The first-order valence-electron chi connectivity index (χ1n) is 6.72. The summed E-state index contributed by atoms with van der Waals surface area (Å²) in [6.07, 6.45) is 3.50. The molecule has 0 saturated carbocycles. The maximum absolute atomic E-state index is 12.9. The van der Waals surface area contributed by atoms with Crippen LogP contribution in [0.15, 0.2) is 40.7 Å². The Kier molecular flexibility index (Phi) is 4.05. The molecule has 0 amide bonds. The summed E-state index contributed by atoms with van der Waals surface area (Å²) in [7, 11) is -3.56. The number of benzene rings is 1. The normalized spacial score (nSPS) is 20.5. The maximum Gasteiger partial charge on any atom is 0.243 e. The van der Waals surface area contributed by atoms with E-state index in [1.807, 2.05) is 5.38 Å². The number of thiazole rings is 1. The second-order valence-corrected chi connectivity index (χ2v) is 7.89. The minimum Gasteiger partial charge on any atom is -0.249 e. The van der Waals surface area contributed by atoms with Crippen molar-refractivity contribution in [3.8, 4) is 0 Å². The lowest BCUT2D eigenvalue weighted by atomic mass is 10.0. The van der Waals surface area contributed by atoms with Gasteiger partial charge < -0.3 is 0 Å². The Balaban J connectivity index is 1.83. The molecule has 112 valence electrons. The van der Waals surface area contributed by atoms with Crippen LogP contribution in [0.4, 0.5) is 4.39 Å². The molecule has 0 radical (unpaired) electrons. The molecule has 0 unspecified atom stereocenters. The van der Waals surface area contributed by atoms with Crippen molar-refractivity contribution in [3.63, 3.8) is 0 Å². The molecule has 1 aromatic carbocycles. The quantitative estimate of drug-likeness (QED) is 0.871.